The van der Waals surface area contributed by atoms with E-state index in [0.29, 0.717) is 5.56 Å². The second-order valence-corrected chi connectivity index (χ2v) is 12.2. The highest BCUT2D eigenvalue weighted by atomic mass is 32.2. The smallest absolute Gasteiger partial charge is 0.254 e. The average Bonchev–Trinajstić information content (AvgIpc) is 3.17. The Morgan fingerprint density at radius 3 is 2.38 bits per heavy atom. The van der Waals surface area contributed by atoms with Gasteiger partial charge in [0.2, 0.25) is 0 Å². The number of amides is 1. The van der Waals surface area contributed by atoms with Crippen LogP contribution < -0.4 is 4.74 Å². The SMILES string of the molecule is CC(C)(C)c1ccccc1SCc1ccc(C(=O)N2C3CCC2CC(Oc2cccc(C#N)c2)C3)cc1. The first-order valence-corrected chi connectivity index (χ1v) is 14.1. The molecule has 2 aliphatic heterocycles. The first-order valence-electron chi connectivity index (χ1n) is 13.1. The van der Waals surface area contributed by atoms with Gasteiger partial charge in [-0.1, -0.05) is 57.2 Å². The molecule has 0 N–H and O–H groups in total. The number of thioether (sulfide) groups is 1. The van der Waals surface area contributed by atoms with Gasteiger partial charge in [0.05, 0.1) is 11.6 Å². The number of nitriles is 1. The molecule has 2 bridgehead atoms. The van der Waals surface area contributed by atoms with E-state index < -0.39 is 0 Å². The molecule has 0 aromatic heterocycles. The Labute approximate surface area is 224 Å². The summed E-state index contributed by atoms with van der Waals surface area (Å²) < 4.78 is 6.23. The maximum absolute atomic E-state index is 13.5. The number of piperidine rings is 1. The molecule has 2 fully saturated rings. The Morgan fingerprint density at radius 2 is 1.70 bits per heavy atom. The Hall–Kier alpha value is -3.23. The van der Waals surface area contributed by atoms with E-state index in [4.69, 9.17) is 10.00 Å². The fraction of sp³-hybridized carbons (Fsp3) is 0.375. The van der Waals surface area contributed by atoms with Crippen molar-refractivity contribution in [1.29, 1.82) is 5.26 Å². The van der Waals surface area contributed by atoms with Crippen molar-refractivity contribution < 1.29 is 9.53 Å². The van der Waals surface area contributed by atoms with Crippen LogP contribution in [0, 0.1) is 11.3 Å². The lowest BCUT2D eigenvalue weighted by atomic mass is 9.87. The van der Waals surface area contributed by atoms with Crippen molar-refractivity contribution in [1.82, 2.24) is 4.90 Å². The molecular weight excluding hydrogens is 476 g/mol. The highest BCUT2D eigenvalue weighted by molar-refractivity contribution is 7.98. The van der Waals surface area contributed by atoms with Crippen molar-refractivity contribution in [2.24, 2.45) is 0 Å². The number of carbonyl (C=O) groups is 1. The van der Waals surface area contributed by atoms with Gasteiger partial charge in [-0.25, -0.2) is 0 Å². The topological polar surface area (TPSA) is 53.3 Å². The van der Waals surface area contributed by atoms with Crippen molar-refractivity contribution in [2.75, 3.05) is 0 Å². The molecule has 2 unspecified atom stereocenters. The van der Waals surface area contributed by atoms with E-state index in [2.05, 4.69) is 68.1 Å². The number of fused-ring (bicyclic) bond motifs is 2. The summed E-state index contributed by atoms with van der Waals surface area (Å²) in [7, 11) is 0. The first-order chi connectivity index (χ1) is 17.8. The van der Waals surface area contributed by atoms with Gasteiger partial charge >= 0.3 is 0 Å². The summed E-state index contributed by atoms with van der Waals surface area (Å²) in [6, 6.07) is 26.7. The van der Waals surface area contributed by atoms with Crippen molar-refractivity contribution >= 4 is 17.7 Å². The Morgan fingerprint density at radius 1 is 1.00 bits per heavy atom. The van der Waals surface area contributed by atoms with Gasteiger partial charge in [0.1, 0.15) is 11.9 Å². The van der Waals surface area contributed by atoms with Crippen LogP contribution in [0.3, 0.4) is 0 Å². The molecular formula is C32H34N2O2S. The van der Waals surface area contributed by atoms with Gasteiger partial charge in [-0.05, 0) is 65.8 Å². The summed E-state index contributed by atoms with van der Waals surface area (Å²) in [6.45, 7) is 6.75. The highest BCUT2D eigenvalue weighted by Crippen LogP contribution is 2.39. The molecule has 2 aliphatic rings. The van der Waals surface area contributed by atoms with E-state index >= 15 is 0 Å². The van der Waals surface area contributed by atoms with Gasteiger partial charge in [0.25, 0.3) is 5.91 Å². The van der Waals surface area contributed by atoms with E-state index in [1.807, 2.05) is 36.0 Å². The molecule has 1 amide bonds. The van der Waals surface area contributed by atoms with Crippen LogP contribution in [0.2, 0.25) is 0 Å². The number of nitrogens with zero attached hydrogens (tertiary/aromatic N) is 2. The van der Waals surface area contributed by atoms with Gasteiger partial charge < -0.3 is 9.64 Å². The lowest BCUT2D eigenvalue weighted by Gasteiger charge is -2.39. The van der Waals surface area contributed by atoms with Gasteiger partial charge in [-0.2, -0.15) is 5.26 Å². The minimum Gasteiger partial charge on any atom is -0.490 e. The van der Waals surface area contributed by atoms with Crippen molar-refractivity contribution in [3.63, 3.8) is 0 Å². The standard InChI is InChI=1S/C32H34N2O2S/c1-32(2,3)29-9-4-5-10-30(29)37-21-22-11-13-24(14-12-22)31(35)34-25-15-16-26(34)19-28(18-25)36-27-8-6-7-23(17-27)20-33/h4-14,17,25-26,28H,15-16,18-19,21H2,1-3H3. The van der Waals surface area contributed by atoms with Crippen LogP contribution >= 0.6 is 11.8 Å². The minimum absolute atomic E-state index is 0.0749. The molecule has 190 valence electrons. The molecule has 5 rings (SSSR count). The number of hydrogen-bond donors (Lipinski definition) is 0. The number of benzene rings is 3. The lowest BCUT2D eigenvalue weighted by Crippen LogP contribution is -2.49. The van der Waals surface area contributed by atoms with Gasteiger partial charge in [-0.3, -0.25) is 4.79 Å². The molecule has 0 radical (unpaired) electrons. The lowest BCUT2D eigenvalue weighted by molar-refractivity contribution is 0.0359. The molecule has 0 spiro atoms. The van der Waals surface area contributed by atoms with Crippen molar-refractivity contribution in [3.8, 4) is 11.8 Å². The third-order valence-electron chi connectivity index (χ3n) is 7.48. The van der Waals surface area contributed by atoms with Crippen LogP contribution in [-0.4, -0.2) is 29.0 Å². The second-order valence-electron chi connectivity index (χ2n) is 11.2. The molecule has 0 aliphatic carbocycles. The van der Waals surface area contributed by atoms with Gasteiger partial charge in [-0.15, -0.1) is 11.8 Å². The molecule has 2 heterocycles. The van der Waals surface area contributed by atoms with E-state index in [9.17, 15) is 4.79 Å². The average molecular weight is 511 g/mol. The zero-order valence-corrected chi connectivity index (χ0v) is 22.6. The molecule has 4 nitrogen and oxygen atoms in total. The van der Waals surface area contributed by atoms with E-state index in [-0.39, 0.29) is 29.5 Å². The normalized spacial score (nSPS) is 20.9. The summed E-state index contributed by atoms with van der Waals surface area (Å²) in [5.74, 6) is 1.75. The van der Waals surface area contributed by atoms with Crippen LogP contribution in [-0.2, 0) is 11.2 Å². The summed E-state index contributed by atoms with van der Waals surface area (Å²) in [5, 5.41) is 9.15. The van der Waals surface area contributed by atoms with Gasteiger partial charge in [0.15, 0.2) is 0 Å². The molecule has 5 heteroatoms. The maximum atomic E-state index is 13.5. The third-order valence-corrected chi connectivity index (χ3v) is 8.63. The number of carbonyl (C=O) groups excluding carboxylic acids is 1. The van der Waals surface area contributed by atoms with E-state index in [1.165, 1.54) is 16.0 Å². The number of hydrogen-bond acceptors (Lipinski definition) is 4. The van der Waals surface area contributed by atoms with Crippen molar-refractivity contribution in [3.05, 3.63) is 95.1 Å². The fourth-order valence-electron chi connectivity index (χ4n) is 5.65. The summed E-state index contributed by atoms with van der Waals surface area (Å²) in [6.07, 6.45) is 3.79. The molecule has 2 atom stereocenters. The third kappa shape index (κ3) is 5.70. The van der Waals surface area contributed by atoms with Gasteiger partial charge in [0, 0.05) is 41.1 Å². The zero-order chi connectivity index (χ0) is 26.0. The summed E-state index contributed by atoms with van der Waals surface area (Å²) in [5.41, 5.74) is 4.07. The molecule has 37 heavy (non-hydrogen) atoms. The van der Waals surface area contributed by atoms with Crippen LogP contribution in [0.15, 0.2) is 77.7 Å². The quantitative estimate of drug-likeness (QED) is 0.325. The first kappa shape index (κ1) is 25.4. The molecule has 3 aromatic carbocycles. The van der Waals surface area contributed by atoms with Crippen LogP contribution in [0.4, 0.5) is 0 Å². The predicted molar refractivity (Wildman–Crippen MR) is 149 cm³/mol. The Balaban J connectivity index is 1.21. The van der Waals surface area contributed by atoms with Crippen LogP contribution in [0.1, 0.15) is 73.5 Å². The predicted octanol–water partition coefficient (Wildman–Crippen LogP) is 7.36. The van der Waals surface area contributed by atoms with Crippen LogP contribution in [0.25, 0.3) is 0 Å². The summed E-state index contributed by atoms with van der Waals surface area (Å²) in [4.78, 5) is 16.9. The number of rotatable bonds is 6. The maximum Gasteiger partial charge on any atom is 0.254 e. The fourth-order valence-corrected chi connectivity index (χ4v) is 6.87. The Bertz CT molecular complexity index is 1290. The molecule has 2 saturated heterocycles. The van der Waals surface area contributed by atoms with E-state index in [0.717, 1.165) is 42.7 Å². The van der Waals surface area contributed by atoms with E-state index in [1.54, 1.807) is 12.1 Å². The Kier molecular flexibility index (Phi) is 7.31. The number of ether oxygens (including phenoxy) is 1. The molecule has 3 aromatic rings. The largest absolute Gasteiger partial charge is 0.490 e. The minimum atomic E-state index is 0.0749. The highest BCUT2D eigenvalue weighted by Gasteiger charge is 2.44. The van der Waals surface area contributed by atoms with Crippen LogP contribution in [0.5, 0.6) is 5.75 Å². The van der Waals surface area contributed by atoms with Crippen molar-refractivity contribution in [2.45, 2.75) is 80.7 Å². The second kappa shape index (κ2) is 10.6. The molecule has 0 saturated carbocycles. The zero-order valence-electron chi connectivity index (χ0n) is 21.8. The monoisotopic (exact) mass is 510 g/mol. The summed E-state index contributed by atoms with van der Waals surface area (Å²) >= 11 is 1.86.